The normalized spacial score (nSPS) is 11.3. The summed E-state index contributed by atoms with van der Waals surface area (Å²) in [5, 5.41) is 0. The van der Waals surface area contributed by atoms with Gasteiger partial charge in [0, 0.05) is 11.1 Å². The maximum absolute atomic E-state index is 5.28. The van der Waals surface area contributed by atoms with Crippen LogP contribution in [0.25, 0.3) is 44.5 Å². The smallest absolute Gasteiger partial charge is 0.284 e. The lowest BCUT2D eigenvalue weighted by atomic mass is 9.98. The molecular formula is C20H10N2O2. The van der Waals surface area contributed by atoms with Crippen LogP contribution >= 0.6 is 0 Å². The molecule has 5 aromatic rings. The van der Waals surface area contributed by atoms with Crippen LogP contribution in [-0.2, 0) is 0 Å². The summed E-state index contributed by atoms with van der Waals surface area (Å²) in [5.74, 6) is 0. The molecule has 0 aliphatic carbocycles. The predicted octanol–water partition coefficient (Wildman–Crippen LogP) is 4.90. The maximum Gasteiger partial charge on any atom is 0.284 e. The van der Waals surface area contributed by atoms with Gasteiger partial charge >= 0.3 is 0 Å². The third-order valence-electron chi connectivity index (χ3n) is 4.11. The Balaban J connectivity index is 1.72. The monoisotopic (exact) mass is 310 g/mol. The number of aromatic nitrogens is 2. The van der Waals surface area contributed by atoms with E-state index in [1.54, 1.807) is 0 Å². The topological polar surface area (TPSA) is 52.1 Å². The molecule has 4 heteroatoms. The van der Waals surface area contributed by atoms with Crippen molar-refractivity contribution in [1.29, 1.82) is 0 Å². The third kappa shape index (κ3) is 1.93. The van der Waals surface area contributed by atoms with E-state index in [0.717, 1.165) is 44.5 Å². The molecule has 0 bridgehead atoms. The van der Waals surface area contributed by atoms with Crippen molar-refractivity contribution >= 4 is 22.2 Å². The standard InChI is InChI=1S/C20H10N2O2/c1-4-13(15-6-2-8-17-19(15)21-11-23-17)10-14(5-1)16-7-3-9-18-20(16)22-12-24-18/h1-10H. The lowest BCUT2D eigenvalue weighted by molar-refractivity contribution is 0.591. The number of para-hydroxylation sites is 2. The molecule has 0 N–H and O–H groups in total. The van der Waals surface area contributed by atoms with Crippen LogP contribution in [0.3, 0.4) is 0 Å². The Kier molecular flexibility index (Phi) is 2.76. The predicted molar refractivity (Wildman–Crippen MR) is 90.1 cm³/mol. The number of fused-ring (bicyclic) bond motifs is 2. The minimum Gasteiger partial charge on any atom is -0.432 e. The fraction of sp³-hybridized carbons (Fsp3) is 0. The lowest BCUT2D eigenvalue weighted by Crippen LogP contribution is -1.84. The van der Waals surface area contributed by atoms with E-state index in [4.69, 9.17) is 8.83 Å². The molecule has 2 radical (unpaired) electrons. The highest BCUT2D eigenvalue weighted by atomic mass is 16.3. The quantitative estimate of drug-likeness (QED) is 0.465. The van der Waals surface area contributed by atoms with Crippen molar-refractivity contribution in [3.05, 3.63) is 73.5 Å². The van der Waals surface area contributed by atoms with E-state index in [1.807, 2.05) is 42.5 Å². The van der Waals surface area contributed by atoms with Crippen LogP contribution in [0.15, 0.2) is 69.5 Å². The molecule has 0 saturated carbocycles. The van der Waals surface area contributed by atoms with Gasteiger partial charge in [0.05, 0.1) is 0 Å². The molecule has 112 valence electrons. The van der Waals surface area contributed by atoms with Crippen molar-refractivity contribution in [2.24, 2.45) is 0 Å². The summed E-state index contributed by atoms with van der Waals surface area (Å²) in [6.45, 7) is 0. The molecular weight excluding hydrogens is 300 g/mol. The van der Waals surface area contributed by atoms with Gasteiger partial charge in [-0.05, 0) is 29.3 Å². The average Bonchev–Trinajstić information content (AvgIpc) is 3.30. The van der Waals surface area contributed by atoms with Gasteiger partial charge in [0.25, 0.3) is 12.8 Å². The largest absolute Gasteiger partial charge is 0.432 e. The Hall–Kier alpha value is -3.40. The van der Waals surface area contributed by atoms with Crippen LogP contribution in [0.1, 0.15) is 0 Å². The number of oxazole rings is 2. The van der Waals surface area contributed by atoms with Gasteiger partial charge in [-0.1, -0.05) is 42.5 Å². The second-order valence-corrected chi connectivity index (χ2v) is 5.50. The maximum atomic E-state index is 5.28. The third-order valence-corrected chi connectivity index (χ3v) is 4.11. The molecule has 2 aromatic heterocycles. The molecule has 0 aliphatic heterocycles. The first-order valence-corrected chi connectivity index (χ1v) is 7.52. The highest BCUT2D eigenvalue weighted by molar-refractivity contribution is 5.94. The Labute approximate surface area is 137 Å². The van der Waals surface area contributed by atoms with Crippen molar-refractivity contribution in [2.45, 2.75) is 0 Å². The molecule has 0 spiro atoms. The molecule has 0 atom stereocenters. The summed E-state index contributed by atoms with van der Waals surface area (Å²) in [4.78, 5) is 8.43. The molecule has 24 heavy (non-hydrogen) atoms. The second kappa shape index (κ2) is 5.06. The summed E-state index contributed by atoms with van der Waals surface area (Å²) in [7, 11) is 0. The van der Waals surface area contributed by atoms with E-state index in [-0.39, 0.29) is 0 Å². The van der Waals surface area contributed by atoms with Gasteiger partial charge in [-0.2, -0.15) is 0 Å². The van der Waals surface area contributed by atoms with Crippen molar-refractivity contribution in [2.75, 3.05) is 0 Å². The molecule has 0 aliphatic rings. The number of hydrogen-bond donors (Lipinski definition) is 0. The van der Waals surface area contributed by atoms with Gasteiger partial charge in [-0.3, -0.25) is 0 Å². The summed E-state index contributed by atoms with van der Waals surface area (Å²) in [6, 6.07) is 20.0. The molecule has 0 fully saturated rings. The number of nitrogens with zero attached hydrogens (tertiary/aromatic N) is 2. The zero-order chi connectivity index (χ0) is 15.9. The van der Waals surface area contributed by atoms with E-state index in [2.05, 4.69) is 41.0 Å². The van der Waals surface area contributed by atoms with Gasteiger partial charge < -0.3 is 8.83 Å². The first kappa shape index (κ1) is 13.1. The lowest BCUT2D eigenvalue weighted by Gasteiger charge is -2.07. The molecule has 3 aromatic carbocycles. The molecule has 2 heterocycles. The van der Waals surface area contributed by atoms with Gasteiger partial charge in [-0.15, -0.1) is 0 Å². The molecule has 4 nitrogen and oxygen atoms in total. The van der Waals surface area contributed by atoms with E-state index in [1.165, 1.54) is 0 Å². The Morgan fingerprint density at radius 3 is 1.67 bits per heavy atom. The highest BCUT2D eigenvalue weighted by Crippen LogP contribution is 2.33. The number of benzene rings is 3. The average molecular weight is 310 g/mol. The number of hydrogen-bond acceptors (Lipinski definition) is 4. The summed E-state index contributed by atoms with van der Waals surface area (Å²) >= 11 is 0. The Bertz CT molecular complexity index is 1080. The van der Waals surface area contributed by atoms with E-state index >= 15 is 0 Å². The molecule has 0 saturated heterocycles. The van der Waals surface area contributed by atoms with E-state index in [9.17, 15) is 0 Å². The van der Waals surface area contributed by atoms with Crippen LogP contribution in [-0.4, -0.2) is 9.97 Å². The zero-order valence-corrected chi connectivity index (χ0v) is 12.5. The van der Waals surface area contributed by atoms with Crippen molar-refractivity contribution < 1.29 is 8.83 Å². The summed E-state index contributed by atoms with van der Waals surface area (Å²) in [6.07, 6.45) is 5.13. The zero-order valence-electron chi connectivity index (χ0n) is 12.5. The Morgan fingerprint density at radius 2 is 1.12 bits per heavy atom. The summed E-state index contributed by atoms with van der Waals surface area (Å²) in [5.41, 5.74) is 7.22. The minimum atomic E-state index is 0.728. The number of rotatable bonds is 2. The van der Waals surface area contributed by atoms with Crippen molar-refractivity contribution in [3.8, 4) is 22.3 Å². The van der Waals surface area contributed by atoms with Gasteiger partial charge in [0.2, 0.25) is 0 Å². The van der Waals surface area contributed by atoms with Crippen LogP contribution in [0.2, 0.25) is 0 Å². The first-order chi connectivity index (χ1) is 11.9. The van der Waals surface area contributed by atoms with Gasteiger partial charge in [0.1, 0.15) is 11.0 Å². The van der Waals surface area contributed by atoms with Crippen molar-refractivity contribution in [1.82, 2.24) is 9.97 Å². The molecule has 5 rings (SSSR count). The molecule has 0 unspecified atom stereocenters. The van der Waals surface area contributed by atoms with Gasteiger partial charge in [-0.25, -0.2) is 9.97 Å². The summed E-state index contributed by atoms with van der Waals surface area (Å²) < 4.78 is 10.6. The fourth-order valence-electron chi connectivity index (χ4n) is 3.00. The minimum absolute atomic E-state index is 0.728. The second-order valence-electron chi connectivity index (χ2n) is 5.50. The van der Waals surface area contributed by atoms with E-state index < -0.39 is 0 Å². The highest BCUT2D eigenvalue weighted by Gasteiger charge is 2.11. The first-order valence-electron chi connectivity index (χ1n) is 7.52. The van der Waals surface area contributed by atoms with Gasteiger partial charge in [0.15, 0.2) is 11.2 Å². The van der Waals surface area contributed by atoms with Crippen LogP contribution in [0, 0.1) is 12.8 Å². The van der Waals surface area contributed by atoms with Crippen molar-refractivity contribution in [3.63, 3.8) is 0 Å². The van der Waals surface area contributed by atoms with Crippen LogP contribution < -0.4 is 0 Å². The van der Waals surface area contributed by atoms with Crippen LogP contribution in [0.4, 0.5) is 0 Å². The Morgan fingerprint density at radius 1 is 0.625 bits per heavy atom. The molecule has 0 amide bonds. The van der Waals surface area contributed by atoms with E-state index in [0.29, 0.717) is 0 Å². The van der Waals surface area contributed by atoms with Crippen LogP contribution in [0.5, 0.6) is 0 Å². The SMILES string of the molecule is [c]1nc2c(-c3cccc(-c4cccc5o[c]nc45)c3)cccc2o1. The fourth-order valence-corrected chi connectivity index (χ4v) is 3.00.